The van der Waals surface area contributed by atoms with E-state index in [4.69, 9.17) is 5.14 Å². The number of nitrogens with two attached hydrogens (primary N) is 1. The third-order valence-electron chi connectivity index (χ3n) is 1.56. The molecule has 0 heterocycles. The van der Waals surface area contributed by atoms with Crippen LogP contribution in [0.5, 0.6) is 0 Å². The van der Waals surface area contributed by atoms with E-state index >= 15 is 0 Å². The van der Waals surface area contributed by atoms with Crippen molar-refractivity contribution in [3.63, 3.8) is 0 Å². The van der Waals surface area contributed by atoms with Crippen LogP contribution in [0.25, 0.3) is 0 Å². The maximum absolute atomic E-state index is 10.7. The van der Waals surface area contributed by atoms with E-state index in [9.17, 15) is 4.21 Å². The largest absolute Gasteiger partial charge is 0.412 e. The van der Waals surface area contributed by atoms with Crippen molar-refractivity contribution in [2.24, 2.45) is 5.14 Å². The lowest BCUT2D eigenvalue weighted by Gasteiger charge is -1.97. The van der Waals surface area contributed by atoms with Crippen LogP contribution >= 0.6 is 0 Å². The van der Waals surface area contributed by atoms with E-state index in [0.29, 0.717) is 4.90 Å². The second kappa shape index (κ2) is 5.03. The average molecular weight is 187 g/mol. The van der Waals surface area contributed by atoms with Gasteiger partial charge in [0.2, 0.25) is 0 Å². The molecule has 3 nitrogen and oxygen atoms in total. The molecule has 0 aliphatic carbocycles. The highest BCUT2D eigenvalue weighted by Gasteiger charge is 1.95. The summed E-state index contributed by atoms with van der Waals surface area (Å²) in [5, 5.41) is 5.18. The topological polar surface area (TPSA) is 74.6 Å². The van der Waals surface area contributed by atoms with E-state index in [1.165, 1.54) is 5.56 Å². The molecule has 0 fully saturated rings. The molecule has 0 aromatic heterocycles. The molecule has 1 atom stereocenters. The molecule has 0 aliphatic rings. The maximum Gasteiger partial charge on any atom is 0.122 e. The van der Waals surface area contributed by atoms with Crippen LogP contribution in [0.2, 0.25) is 0 Å². The molecule has 1 rings (SSSR count). The highest BCUT2D eigenvalue weighted by Crippen LogP contribution is 2.06. The van der Waals surface area contributed by atoms with E-state index in [1.807, 2.05) is 12.1 Å². The van der Waals surface area contributed by atoms with Crippen molar-refractivity contribution in [1.29, 1.82) is 0 Å². The van der Waals surface area contributed by atoms with Gasteiger partial charge in [-0.05, 0) is 24.1 Å². The standard InChI is InChI=1S/C8H11NOS.H2O/c1-2-7-3-5-8(6-4-7)11(9)10;/h3-6H,2,9H2,1H3;1H2. The zero-order valence-electron chi connectivity index (χ0n) is 6.91. The van der Waals surface area contributed by atoms with Gasteiger partial charge in [0.05, 0.1) is 4.90 Å². The molecule has 1 aromatic carbocycles. The summed E-state index contributed by atoms with van der Waals surface area (Å²) in [5.74, 6) is 0. The minimum Gasteiger partial charge on any atom is -0.412 e. The fourth-order valence-electron chi connectivity index (χ4n) is 0.859. The molecule has 0 amide bonds. The highest BCUT2D eigenvalue weighted by atomic mass is 32.2. The van der Waals surface area contributed by atoms with E-state index in [-0.39, 0.29) is 5.48 Å². The molecular weight excluding hydrogens is 174 g/mol. The molecule has 0 spiro atoms. The summed E-state index contributed by atoms with van der Waals surface area (Å²) >= 11 is 0. The van der Waals surface area contributed by atoms with Gasteiger partial charge in [0.1, 0.15) is 11.0 Å². The molecule has 68 valence electrons. The van der Waals surface area contributed by atoms with E-state index in [1.54, 1.807) is 12.1 Å². The minimum absolute atomic E-state index is 0. The Labute approximate surface area is 74.5 Å². The normalized spacial score (nSPS) is 11.8. The van der Waals surface area contributed by atoms with Crippen LogP contribution in [-0.2, 0) is 17.4 Å². The van der Waals surface area contributed by atoms with Crippen molar-refractivity contribution >= 4 is 11.0 Å². The fraction of sp³-hybridized carbons (Fsp3) is 0.250. The van der Waals surface area contributed by atoms with Crippen LogP contribution in [0.4, 0.5) is 0 Å². The second-order valence-corrected chi connectivity index (χ2v) is 3.36. The van der Waals surface area contributed by atoms with Crippen molar-refractivity contribution in [3.05, 3.63) is 29.8 Å². The average Bonchev–Trinajstić information content (AvgIpc) is 2.05. The number of hydrogen-bond acceptors (Lipinski definition) is 1. The van der Waals surface area contributed by atoms with Crippen LogP contribution in [-0.4, -0.2) is 9.69 Å². The van der Waals surface area contributed by atoms with Gasteiger partial charge in [0, 0.05) is 0 Å². The van der Waals surface area contributed by atoms with E-state index in [0.717, 1.165) is 6.42 Å². The summed E-state index contributed by atoms with van der Waals surface area (Å²) in [6, 6.07) is 7.49. The van der Waals surface area contributed by atoms with Gasteiger partial charge in [-0.3, -0.25) is 0 Å². The second-order valence-electron chi connectivity index (χ2n) is 2.29. The molecule has 0 saturated carbocycles. The highest BCUT2D eigenvalue weighted by molar-refractivity contribution is 7.82. The Balaban J connectivity index is 0.00000121. The van der Waals surface area contributed by atoms with Crippen LogP contribution < -0.4 is 5.14 Å². The predicted molar refractivity (Wildman–Crippen MR) is 50.0 cm³/mol. The van der Waals surface area contributed by atoms with Crippen LogP contribution in [0.3, 0.4) is 0 Å². The van der Waals surface area contributed by atoms with Gasteiger partial charge in [-0.15, -0.1) is 0 Å². The molecule has 1 aromatic rings. The van der Waals surface area contributed by atoms with Crippen molar-refractivity contribution < 1.29 is 9.69 Å². The Morgan fingerprint density at radius 3 is 2.17 bits per heavy atom. The Hall–Kier alpha value is -0.710. The SMILES string of the molecule is CCc1ccc(S(N)=O)cc1.O. The Morgan fingerprint density at radius 1 is 1.33 bits per heavy atom. The number of aryl methyl sites for hydroxylation is 1. The Bertz CT molecular complexity index is 258. The fourth-order valence-corrected chi connectivity index (χ4v) is 1.26. The first kappa shape index (κ1) is 11.3. The lowest BCUT2D eigenvalue weighted by Crippen LogP contribution is -2.02. The molecule has 4 N–H and O–H groups in total. The summed E-state index contributed by atoms with van der Waals surface area (Å²) in [6.07, 6.45) is 0.998. The zero-order valence-corrected chi connectivity index (χ0v) is 7.73. The monoisotopic (exact) mass is 187 g/mol. The summed E-state index contributed by atoms with van der Waals surface area (Å²) < 4.78 is 10.7. The van der Waals surface area contributed by atoms with Crippen LogP contribution in [0, 0.1) is 0 Å². The first-order valence-corrected chi connectivity index (χ1v) is 4.70. The van der Waals surface area contributed by atoms with Gasteiger partial charge in [0.15, 0.2) is 0 Å². The Kier molecular flexibility index (Phi) is 4.73. The van der Waals surface area contributed by atoms with Crippen LogP contribution in [0.1, 0.15) is 12.5 Å². The molecule has 0 bridgehead atoms. The zero-order chi connectivity index (χ0) is 8.27. The van der Waals surface area contributed by atoms with Gasteiger partial charge < -0.3 is 5.48 Å². The first-order chi connectivity index (χ1) is 5.24. The molecule has 1 unspecified atom stereocenters. The third kappa shape index (κ3) is 2.73. The molecule has 4 heteroatoms. The van der Waals surface area contributed by atoms with Crippen molar-refractivity contribution in [2.45, 2.75) is 18.2 Å². The van der Waals surface area contributed by atoms with Gasteiger partial charge >= 0.3 is 0 Å². The molecule has 0 radical (unpaired) electrons. The molecular formula is C8H13NO2S. The van der Waals surface area contributed by atoms with Crippen LogP contribution in [0.15, 0.2) is 29.2 Å². The Morgan fingerprint density at radius 2 is 1.83 bits per heavy atom. The van der Waals surface area contributed by atoms with Gasteiger partial charge in [0.25, 0.3) is 0 Å². The maximum atomic E-state index is 10.7. The van der Waals surface area contributed by atoms with Gasteiger partial charge in [-0.1, -0.05) is 19.1 Å². The quantitative estimate of drug-likeness (QED) is 0.715. The number of hydrogen-bond donors (Lipinski definition) is 1. The summed E-state index contributed by atoms with van der Waals surface area (Å²) in [4.78, 5) is 0.683. The molecule has 0 aliphatic heterocycles. The van der Waals surface area contributed by atoms with E-state index in [2.05, 4.69) is 6.92 Å². The van der Waals surface area contributed by atoms with Gasteiger partial charge in [-0.25, -0.2) is 9.35 Å². The summed E-state index contributed by atoms with van der Waals surface area (Å²) in [6.45, 7) is 2.08. The molecule has 12 heavy (non-hydrogen) atoms. The first-order valence-electron chi connectivity index (χ1n) is 3.49. The van der Waals surface area contributed by atoms with E-state index < -0.39 is 11.0 Å². The number of rotatable bonds is 2. The lowest BCUT2D eigenvalue weighted by atomic mass is 10.2. The van der Waals surface area contributed by atoms with Crippen molar-refractivity contribution in [3.8, 4) is 0 Å². The molecule has 0 saturated heterocycles. The van der Waals surface area contributed by atoms with Crippen molar-refractivity contribution in [2.75, 3.05) is 0 Å². The number of benzene rings is 1. The smallest absolute Gasteiger partial charge is 0.122 e. The third-order valence-corrected chi connectivity index (χ3v) is 2.30. The van der Waals surface area contributed by atoms with Crippen molar-refractivity contribution in [1.82, 2.24) is 0 Å². The lowest BCUT2D eigenvalue weighted by molar-refractivity contribution is 0.684. The summed E-state index contributed by atoms with van der Waals surface area (Å²) in [5.41, 5.74) is 1.24. The van der Waals surface area contributed by atoms with Gasteiger partial charge in [-0.2, -0.15) is 0 Å². The summed E-state index contributed by atoms with van der Waals surface area (Å²) in [7, 11) is -1.34. The minimum atomic E-state index is -1.34. The predicted octanol–water partition coefficient (Wildman–Crippen LogP) is 0.406.